The summed E-state index contributed by atoms with van der Waals surface area (Å²) >= 11 is 0. The van der Waals surface area contributed by atoms with Gasteiger partial charge in [0, 0.05) is 57.9 Å². The van der Waals surface area contributed by atoms with Gasteiger partial charge in [0.1, 0.15) is 5.82 Å². The third kappa shape index (κ3) is 4.24. The lowest BCUT2D eigenvalue weighted by molar-refractivity contribution is 0.0555. The van der Waals surface area contributed by atoms with Gasteiger partial charge in [-0.2, -0.15) is 0 Å². The number of hydrogen-bond donors (Lipinski definition) is 2. The largest absolute Gasteiger partial charge is 0.492 e. The van der Waals surface area contributed by atoms with E-state index in [1.54, 1.807) is 6.07 Å². The van der Waals surface area contributed by atoms with Crippen LogP contribution in [0.1, 0.15) is 18.4 Å². The first-order valence-electron chi connectivity index (χ1n) is 9.84. The highest BCUT2D eigenvalue weighted by Gasteiger charge is 2.24. The molecule has 29 heavy (non-hydrogen) atoms. The number of hydrogen-bond acceptors (Lipinski definition) is 6. The second-order valence-corrected chi connectivity index (χ2v) is 7.44. The van der Waals surface area contributed by atoms with E-state index in [9.17, 15) is 19.4 Å². The molecule has 2 aromatic rings. The van der Waals surface area contributed by atoms with Crippen molar-refractivity contribution >= 4 is 11.8 Å². The zero-order valence-corrected chi connectivity index (χ0v) is 16.1. The van der Waals surface area contributed by atoms with Crippen LogP contribution in [0.3, 0.4) is 0 Å². The number of carbonyl (C=O) groups is 1. The van der Waals surface area contributed by atoms with E-state index in [0.29, 0.717) is 43.1 Å². The van der Waals surface area contributed by atoms with Crippen LogP contribution in [0.2, 0.25) is 0 Å². The summed E-state index contributed by atoms with van der Waals surface area (Å²) in [6, 6.07) is 7.89. The molecule has 0 radical (unpaired) electrons. The molecule has 0 bridgehead atoms. The van der Waals surface area contributed by atoms with Crippen molar-refractivity contribution in [2.45, 2.75) is 19.4 Å². The van der Waals surface area contributed by atoms with E-state index in [-0.39, 0.29) is 17.6 Å². The van der Waals surface area contributed by atoms with Crippen molar-refractivity contribution in [1.82, 2.24) is 14.5 Å². The number of halogens is 1. The Morgan fingerprint density at radius 2 is 1.62 bits per heavy atom. The first kappa shape index (κ1) is 19.4. The molecule has 2 aliphatic heterocycles. The Bertz CT molecular complexity index is 854. The molecule has 9 heteroatoms. The zero-order chi connectivity index (χ0) is 20.4. The molecular weight excluding hydrogens is 379 g/mol. The van der Waals surface area contributed by atoms with Crippen molar-refractivity contribution in [3.63, 3.8) is 0 Å². The molecule has 2 N–H and O–H groups in total. The second kappa shape index (κ2) is 8.20. The highest BCUT2D eigenvalue weighted by molar-refractivity contribution is 5.68. The van der Waals surface area contributed by atoms with Gasteiger partial charge in [0.15, 0.2) is 0 Å². The number of nitrogens with zero attached hydrogens (tertiary/aromatic N) is 4. The van der Waals surface area contributed by atoms with Gasteiger partial charge in [-0.25, -0.2) is 9.18 Å². The fourth-order valence-electron chi connectivity index (χ4n) is 3.84. The normalized spacial score (nSPS) is 17.7. The molecule has 1 aromatic carbocycles. The van der Waals surface area contributed by atoms with E-state index in [1.807, 2.05) is 12.1 Å². The van der Waals surface area contributed by atoms with Crippen LogP contribution in [0.15, 0.2) is 30.3 Å². The first-order valence-corrected chi connectivity index (χ1v) is 9.84. The summed E-state index contributed by atoms with van der Waals surface area (Å²) in [5, 5.41) is 19.1. The number of aromatic nitrogens is 1. The summed E-state index contributed by atoms with van der Waals surface area (Å²) in [5.41, 5.74) is 1.58. The van der Waals surface area contributed by atoms with Gasteiger partial charge in [0.05, 0.1) is 5.69 Å². The van der Waals surface area contributed by atoms with Gasteiger partial charge in [-0.1, -0.05) is 6.07 Å². The Hall–Kier alpha value is -2.94. The standard InChI is InChI=1S/C20H25FN4O4/c21-16-13-15(3-4-17(16)23-7-1-2-8-23)14-22-9-11-24(12-10-22)20(28)29-25-18(26)5-6-19(25)27/h3-6,13,26-27H,1-2,7-12,14H2. The van der Waals surface area contributed by atoms with Crippen LogP contribution in [-0.4, -0.2) is 70.1 Å². The van der Waals surface area contributed by atoms with Crippen molar-refractivity contribution < 1.29 is 24.2 Å². The molecule has 4 rings (SSSR count). The summed E-state index contributed by atoms with van der Waals surface area (Å²) in [7, 11) is 0. The quantitative estimate of drug-likeness (QED) is 0.811. The van der Waals surface area contributed by atoms with Crippen molar-refractivity contribution in [3.8, 4) is 11.8 Å². The van der Waals surface area contributed by atoms with Crippen LogP contribution >= 0.6 is 0 Å². The van der Waals surface area contributed by atoms with Gasteiger partial charge >= 0.3 is 6.09 Å². The smallest absolute Gasteiger partial charge is 0.434 e. The fourth-order valence-corrected chi connectivity index (χ4v) is 3.84. The van der Waals surface area contributed by atoms with Crippen LogP contribution in [0, 0.1) is 5.82 Å². The molecule has 0 saturated carbocycles. The van der Waals surface area contributed by atoms with E-state index in [1.165, 1.54) is 17.0 Å². The van der Waals surface area contributed by atoms with Gasteiger partial charge < -0.3 is 24.9 Å². The zero-order valence-electron chi connectivity index (χ0n) is 16.1. The highest BCUT2D eigenvalue weighted by Crippen LogP contribution is 2.25. The van der Waals surface area contributed by atoms with Gasteiger partial charge in [0.2, 0.25) is 11.8 Å². The molecular formula is C20H25FN4O4. The van der Waals surface area contributed by atoms with Crippen LogP contribution in [0.4, 0.5) is 14.9 Å². The molecule has 0 aliphatic carbocycles. The van der Waals surface area contributed by atoms with E-state index in [0.717, 1.165) is 31.5 Å². The van der Waals surface area contributed by atoms with Gasteiger partial charge in [-0.3, -0.25) is 4.90 Å². The van der Waals surface area contributed by atoms with E-state index >= 15 is 0 Å². The number of aromatic hydroxyl groups is 2. The lowest BCUT2D eigenvalue weighted by Crippen LogP contribution is -2.50. The number of benzene rings is 1. The van der Waals surface area contributed by atoms with Crippen molar-refractivity contribution in [3.05, 3.63) is 41.7 Å². The predicted molar refractivity (Wildman–Crippen MR) is 104 cm³/mol. The van der Waals surface area contributed by atoms with Crippen molar-refractivity contribution in [2.24, 2.45) is 0 Å². The third-order valence-corrected chi connectivity index (χ3v) is 5.46. The molecule has 1 aromatic heterocycles. The molecule has 2 aliphatic rings. The maximum Gasteiger partial charge on any atom is 0.434 e. The molecule has 3 heterocycles. The molecule has 0 spiro atoms. The molecule has 0 unspecified atom stereocenters. The highest BCUT2D eigenvalue weighted by atomic mass is 19.1. The van der Waals surface area contributed by atoms with Gasteiger partial charge in [-0.15, -0.1) is 4.73 Å². The minimum Gasteiger partial charge on any atom is -0.492 e. The SMILES string of the molecule is O=C(On1c(O)ccc1O)N1CCN(Cc2ccc(N3CCCC3)c(F)c2)CC1. The van der Waals surface area contributed by atoms with Crippen LogP contribution in [0.5, 0.6) is 11.8 Å². The number of rotatable bonds is 4. The monoisotopic (exact) mass is 404 g/mol. The lowest BCUT2D eigenvalue weighted by Gasteiger charge is -2.34. The first-order chi connectivity index (χ1) is 14.0. The van der Waals surface area contributed by atoms with Crippen molar-refractivity contribution in [1.29, 1.82) is 0 Å². The van der Waals surface area contributed by atoms with Gasteiger partial charge in [0.25, 0.3) is 0 Å². The van der Waals surface area contributed by atoms with E-state index in [4.69, 9.17) is 4.84 Å². The Labute approximate surface area is 168 Å². The maximum atomic E-state index is 14.5. The van der Waals surface area contributed by atoms with E-state index in [2.05, 4.69) is 9.80 Å². The lowest BCUT2D eigenvalue weighted by atomic mass is 10.1. The Kier molecular flexibility index (Phi) is 5.48. The summed E-state index contributed by atoms with van der Waals surface area (Å²) < 4.78 is 15.2. The fraction of sp³-hybridized carbons (Fsp3) is 0.450. The van der Waals surface area contributed by atoms with Crippen LogP contribution in [0.25, 0.3) is 0 Å². The average molecular weight is 404 g/mol. The Balaban J connectivity index is 1.29. The molecule has 0 atom stereocenters. The minimum absolute atomic E-state index is 0.182. The topological polar surface area (TPSA) is 81.4 Å². The number of anilines is 1. The average Bonchev–Trinajstić information content (AvgIpc) is 3.34. The molecule has 156 valence electrons. The molecule has 2 fully saturated rings. The molecule has 1 amide bonds. The van der Waals surface area contributed by atoms with Gasteiger partial charge in [-0.05, 0) is 30.5 Å². The number of amides is 1. The molecule has 2 saturated heterocycles. The number of carbonyl (C=O) groups excluding carboxylic acids is 1. The second-order valence-electron chi connectivity index (χ2n) is 7.44. The summed E-state index contributed by atoms with van der Waals surface area (Å²) in [4.78, 5) is 23.0. The van der Waals surface area contributed by atoms with Crippen molar-refractivity contribution in [2.75, 3.05) is 44.2 Å². The predicted octanol–water partition coefficient (Wildman–Crippen LogP) is 2.00. The summed E-state index contributed by atoms with van der Waals surface area (Å²) in [6.45, 7) is 4.55. The minimum atomic E-state index is -0.646. The van der Waals surface area contributed by atoms with E-state index < -0.39 is 6.09 Å². The summed E-state index contributed by atoms with van der Waals surface area (Å²) in [6.07, 6.45) is 1.57. The van der Waals surface area contributed by atoms with Crippen LogP contribution in [-0.2, 0) is 6.54 Å². The maximum absolute atomic E-state index is 14.5. The molecule has 8 nitrogen and oxygen atoms in total. The Morgan fingerprint density at radius 1 is 0.966 bits per heavy atom. The third-order valence-electron chi connectivity index (χ3n) is 5.46. The summed E-state index contributed by atoms with van der Waals surface area (Å²) in [5.74, 6) is -0.888. The van der Waals surface area contributed by atoms with Crippen LogP contribution < -0.4 is 9.74 Å². The Morgan fingerprint density at radius 3 is 2.24 bits per heavy atom. The number of piperazine rings is 1.